The SMILES string of the molecule is CCc1ccc(-n2c(C)cc([C@@H]3[C@@H](c4ccccn4)NC(=S)N3Cc3cccnc3)c2C)cc1. The summed E-state index contributed by atoms with van der Waals surface area (Å²) in [6.07, 6.45) is 6.59. The smallest absolute Gasteiger partial charge is 0.170 e. The molecule has 0 radical (unpaired) electrons. The molecule has 3 aromatic heterocycles. The Hall–Kier alpha value is -3.51. The Bertz CT molecular complexity index is 1280. The van der Waals surface area contributed by atoms with E-state index in [1.54, 1.807) is 6.20 Å². The van der Waals surface area contributed by atoms with Crippen molar-refractivity contribution in [2.24, 2.45) is 0 Å². The van der Waals surface area contributed by atoms with E-state index in [9.17, 15) is 0 Å². The Kier molecular flexibility index (Phi) is 6.16. The number of rotatable bonds is 6. The number of thiocarbonyl (C=S) groups is 1. The summed E-state index contributed by atoms with van der Waals surface area (Å²) in [6.45, 7) is 7.24. The Balaban J connectivity index is 1.60. The molecule has 0 bridgehead atoms. The van der Waals surface area contributed by atoms with Crippen molar-refractivity contribution in [2.45, 2.75) is 45.8 Å². The molecule has 172 valence electrons. The van der Waals surface area contributed by atoms with Gasteiger partial charge < -0.3 is 14.8 Å². The Morgan fingerprint density at radius 2 is 1.79 bits per heavy atom. The molecule has 4 aromatic rings. The van der Waals surface area contributed by atoms with Crippen LogP contribution in [0.3, 0.4) is 0 Å². The standard InChI is InChI=1S/C28H29N5S/c1-4-21-10-12-23(13-11-21)33-19(2)16-24(20(33)3)27-26(25-9-5-6-15-30-25)31-28(34)32(27)18-22-8-7-14-29-17-22/h5-17,26-27H,4,18H2,1-3H3,(H,31,34)/t26-,27-/m1/s1. The van der Waals surface area contributed by atoms with Crippen LogP contribution in [0.5, 0.6) is 0 Å². The zero-order chi connectivity index (χ0) is 23.7. The lowest BCUT2D eigenvalue weighted by Crippen LogP contribution is -2.29. The molecule has 1 N–H and O–H groups in total. The van der Waals surface area contributed by atoms with Crippen molar-refractivity contribution in [1.82, 2.24) is 24.8 Å². The first-order chi connectivity index (χ1) is 16.6. The third kappa shape index (κ3) is 4.10. The predicted molar refractivity (Wildman–Crippen MR) is 140 cm³/mol. The van der Waals surface area contributed by atoms with Gasteiger partial charge in [-0.25, -0.2) is 0 Å². The fourth-order valence-electron chi connectivity index (χ4n) is 4.97. The van der Waals surface area contributed by atoms with Crippen molar-refractivity contribution >= 4 is 17.3 Å². The maximum absolute atomic E-state index is 5.86. The summed E-state index contributed by atoms with van der Waals surface area (Å²) < 4.78 is 2.34. The van der Waals surface area contributed by atoms with Crippen LogP contribution < -0.4 is 5.32 Å². The molecule has 0 aliphatic carbocycles. The third-order valence-electron chi connectivity index (χ3n) is 6.67. The monoisotopic (exact) mass is 467 g/mol. The highest BCUT2D eigenvalue weighted by Gasteiger charge is 2.41. The first-order valence-corrected chi connectivity index (χ1v) is 12.1. The summed E-state index contributed by atoms with van der Waals surface area (Å²) in [7, 11) is 0. The molecule has 1 aliphatic rings. The number of aryl methyl sites for hydroxylation is 2. The first-order valence-electron chi connectivity index (χ1n) is 11.7. The minimum atomic E-state index is -0.0400. The molecule has 6 heteroatoms. The molecule has 1 aliphatic heterocycles. The average molecular weight is 468 g/mol. The fourth-order valence-corrected chi connectivity index (χ4v) is 5.27. The Morgan fingerprint density at radius 3 is 2.47 bits per heavy atom. The van der Waals surface area contributed by atoms with Crippen LogP contribution in [0.4, 0.5) is 0 Å². The molecule has 34 heavy (non-hydrogen) atoms. The lowest BCUT2D eigenvalue weighted by Gasteiger charge is -2.28. The molecule has 4 heterocycles. The van der Waals surface area contributed by atoms with Gasteiger partial charge in [0.1, 0.15) is 0 Å². The van der Waals surface area contributed by atoms with Gasteiger partial charge in [-0.2, -0.15) is 0 Å². The highest BCUT2D eigenvalue weighted by molar-refractivity contribution is 7.80. The molecule has 1 aromatic carbocycles. The second-order valence-corrected chi connectivity index (χ2v) is 9.18. The normalized spacial score (nSPS) is 17.7. The topological polar surface area (TPSA) is 46.0 Å². The van der Waals surface area contributed by atoms with Crippen molar-refractivity contribution in [3.63, 3.8) is 0 Å². The van der Waals surface area contributed by atoms with Crippen LogP contribution in [-0.2, 0) is 13.0 Å². The summed E-state index contributed by atoms with van der Waals surface area (Å²) in [5.74, 6) is 0. The van der Waals surface area contributed by atoms with Crippen LogP contribution in [0, 0.1) is 13.8 Å². The minimum absolute atomic E-state index is 0.0115. The molecule has 1 saturated heterocycles. The molecule has 0 saturated carbocycles. The number of hydrogen-bond donors (Lipinski definition) is 1. The van der Waals surface area contributed by atoms with Gasteiger partial charge in [0.15, 0.2) is 5.11 Å². The van der Waals surface area contributed by atoms with E-state index < -0.39 is 0 Å². The van der Waals surface area contributed by atoms with E-state index in [0.29, 0.717) is 6.54 Å². The lowest BCUT2D eigenvalue weighted by molar-refractivity contribution is 0.310. The number of nitrogens with zero attached hydrogens (tertiary/aromatic N) is 4. The number of aromatic nitrogens is 3. The van der Waals surface area contributed by atoms with Gasteiger partial charge >= 0.3 is 0 Å². The van der Waals surface area contributed by atoms with Crippen LogP contribution in [0.1, 0.15) is 52.8 Å². The van der Waals surface area contributed by atoms with Crippen LogP contribution in [0.15, 0.2) is 79.3 Å². The Labute approximate surface area is 206 Å². The lowest BCUT2D eigenvalue weighted by atomic mass is 9.96. The summed E-state index contributed by atoms with van der Waals surface area (Å²) in [5, 5.41) is 4.30. The van der Waals surface area contributed by atoms with Gasteiger partial charge in [0.25, 0.3) is 0 Å². The Morgan fingerprint density at radius 1 is 0.971 bits per heavy atom. The van der Waals surface area contributed by atoms with E-state index in [4.69, 9.17) is 12.2 Å². The number of benzene rings is 1. The summed E-state index contributed by atoms with van der Waals surface area (Å²) in [4.78, 5) is 11.3. The van der Waals surface area contributed by atoms with Crippen molar-refractivity contribution in [2.75, 3.05) is 0 Å². The highest BCUT2D eigenvalue weighted by atomic mass is 32.1. The maximum Gasteiger partial charge on any atom is 0.170 e. The largest absolute Gasteiger partial charge is 0.352 e. The summed E-state index contributed by atoms with van der Waals surface area (Å²) >= 11 is 5.86. The maximum atomic E-state index is 5.86. The fraction of sp³-hybridized carbons (Fsp3) is 0.250. The molecule has 1 fully saturated rings. The van der Waals surface area contributed by atoms with E-state index in [0.717, 1.165) is 22.8 Å². The van der Waals surface area contributed by atoms with Crippen molar-refractivity contribution in [3.05, 3.63) is 113 Å². The van der Waals surface area contributed by atoms with Crippen molar-refractivity contribution < 1.29 is 0 Å². The molecular weight excluding hydrogens is 438 g/mol. The molecule has 0 spiro atoms. The number of pyridine rings is 2. The zero-order valence-corrected chi connectivity index (χ0v) is 20.6. The van der Waals surface area contributed by atoms with Crippen molar-refractivity contribution in [1.29, 1.82) is 0 Å². The molecule has 0 unspecified atom stereocenters. The van der Waals surface area contributed by atoms with Crippen molar-refractivity contribution in [3.8, 4) is 5.69 Å². The third-order valence-corrected chi connectivity index (χ3v) is 7.02. The van der Waals surface area contributed by atoms with E-state index in [1.165, 1.54) is 28.2 Å². The summed E-state index contributed by atoms with van der Waals surface area (Å²) in [6, 6.07) is 21.2. The van der Waals surface area contributed by atoms with Gasteiger partial charge in [-0.15, -0.1) is 0 Å². The molecule has 5 rings (SSSR count). The van der Waals surface area contributed by atoms with Crippen LogP contribution >= 0.6 is 12.2 Å². The van der Waals surface area contributed by atoms with Gasteiger partial charge in [-0.3, -0.25) is 9.97 Å². The quantitative estimate of drug-likeness (QED) is 0.373. The second kappa shape index (κ2) is 9.39. The van der Waals surface area contributed by atoms with E-state index in [2.05, 4.69) is 88.0 Å². The zero-order valence-electron chi connectivity index (χ0n) is 19.8. The van der Waals surface area contributed by atoms with E-state index in [-0.39, 0.29) is 12.1 Å². The minimum Gasteiger partial charge on any atom is -0.352 e. The van der Waals surface area contributed by atoms with E-state index in [1.807, 2.05) is 30.6 Å². The average Bonchev–Trinajstić information content (AvgIpc) is 3.35. The highest BCUT2D eigenvalue weighted by Crippen LogP contribution is 2.42. The van der Waals surface area contributed by atoms with Crippen LogP contribution in [0.2, 0.25) is 0 Å². The van der Waals surface area contributed by atoms with Gasteiger partial charge in [-0.05, 0) is 85.6 Å². The number of hydrogen-bond acceptors (Lipinski definition) is 3. The van der Waals surface area contributed by atoms with Gasteiger partial charge in [0.2, 0.25) is 0 Å². The van der Waals surface area contributed by atoms with Gasteiger partial charge in [0.05, 0.1) is 17.8 Å². The van der Waals surface area contributed by atoms with Gasteiger partial charge in [0, 0.05) is 42.2 Å². The summed E-state index contributed by atoms with van der Waals surface area (Å²) in [5.41, 5.74) is 8.31. The molecule has 2 atom stereocenters. The van der Waals surface area contributed by atoms with Crippen LogP contribution in [0.25, 0.3) is 5.69 Å². The molecule has 0 amide bonds. The van der Waals surface area contributed by atoms with Crippen LogP contribution in [-0.4, -0.2) is 24.5 Å². The molecular formula is C28H29N5S. The number of nitrogens with one attached hydrogen (secondary N) is 1. The molecule has 5 nitrogen and oxygen atoms in total. The van der Waals surface area contributed by atoms with E-state index >= 15 is 0 Å². The second-order valence-electron chi connectivity index (χ2n) is 8.80. The van der Waals surface area contributed by atoms with Gasteiger partial charge in [-0.1, -0.05) is 31.2 Å². The predicted octanol–water partition coefficient (Wildman–Crippen LogP) is 5.62. The first kappa shape index (κ1) is 22.3.